The van der Waals surface area contributed by atoms with Gasteiger partial charge in [0.05, 0.1) is 13.3 Å². The Balaban J connectivity index is 1.62. The molecule has 2 heterocycles. The number of carbonyl (C=O) groups excluding carboxylic acids is 1. The number of amides is 1. The first-order valence-corrected chi connectivity index (χ1v) is 7.25. The predicted octanol–water partition coefficient (Wildman–Crippen LogP) is 2.75. The molecule has 0 fully saturated rings. The molecule has 0 aliphatic heterocycles. The topological polar surface area (TPSA) is 92.5 Å². The molecule has 3 aromatic rings. The number of hydrazone groups is 1. The highest BCUT2D eigenvalue weighted by Crippen LogP contribution is 2.20. The molecule has 0 saturated heterocycles. The minimum absolute atomic E-state index is 0.228. The number of aromatic nitrogens is 2. The van der Waals surface area contributed by atoms with Crippen molar-refractivity contribution < 1.29 is 13.9 Å². The zero-order chi connectivity index (χ0) is 16.9. The summed E-state index contributed by atoms with van der Waals surface area (Å²) < 4.78 is 10.6. The van der Waals surface area contributed by atoms with E-state index in [1.165, 1.54) is 0 Å². The van der Waals surface area contributed by atoms with Gasteiger partial charge in [0.25, 0.3) is 5.91 Å². The fraction of sp³-hybridized carbons (Fsp3) is 0.118. The molecule has 0 spiro atoms. The van der Waals surface area contributed by atoms with Crippen LogP contribution in [0.4, 0.5) is 0 Å². The molecule has 2 aromatic heterocycles. The van der Waals surface area contributed by atoms with E-state index < -0.39 is 5.91 Å². The van der Waals surface area contributed by atoms with Gasteiger partial charge in [-0.15, -0.1) is 0 Å². The molecular weight excluding hydrogens is 308 g/mol. The number of benzene rings is 1. The van der Waals surface area contributed by atoms with Crippen LogP contribution in [-0.4, -0.2) is 29.4 Å². The average Bonchev–Trinajstić information content (AvgIpc) is 3.24. The summed E-state index contributed by atoms with van der Waals surface area (Å²) in [7, 11) is 1.60. The van der Waals surface area contributed by atoms with Crippen LogP contribution in [0.1, 0.15) is 21.8 Å². The molecule has 0 atom stereocenters. The number of nitrogens with zero attached hydrogens (tertiary/aromatic N) is 2. The lowest BCUT2D eigenvalue weighted by atomic mass is 10.2. The molecule has 122 valence electrons. The van der Waals surface area contributed by atoms with Crippen molar-refractivity contribution in [3.8, 4) is 17.2 Å². The second-order valence-corrected chi connectivity index (χ2v) is 5.05. The van der Waals surface area contributed by atoms with Crippen LogP contribution in [0.15, 0.2) is 52.0 Å². The first kappa shape index (κ1) is 15.5. The van der Waals surface area contributed by atoms with Gasteiger partial charge in [-0.3, -0.25) is 9.89 Å². The molecule has 0 bridgehead atoms. The summed E-state index contributed by atoms with van der Waals surface area (Å²) in [6.45, 7) is 1.85. The van der Waals surface area contributed by atoms with Gasteiger partial charge in [-0.25, -0.2) is 5.43 Å². The van der Waals surface area contributed by atoms with Gasteiger partial charge < -0.3 is 9.15 Å². The van der Waals surface area contributed by atoms with Crippen LogP contribution in [0.5, 0.6) is 5.75 Å². The third-order valence-electron chi connectivity index (χ3n) is 3.31. The number of aryl methyl sites for hydroxylation is 1. The van der Waals surface area contributed by atoms with E-state index in [4.69, 9.17) is 9.15 Å². The third-order valence-corrected chi connectivity index (χ3v) is 3.31. The maximum Gasteiger partial charge on any atom is 0.291 e. The second-order valence-electron chi connectivity index (χ2n) is 5.05. The van der Waals surface area contributed by atoms with Gasteiger partial charge in [0.15, 0.2) is 11.5 Å². The van der Waals surface area contributed by atoms with Gasteiger partial charge in [-0.2, -0.15) is 10.2 Å². The highest BCUT2D eigenvalue weighted by molar-refractivity contribution is 5.94. The molecule has 3 rings (SSSR count). The van der Waals surface area contributed by atoms with Crippen molar-refractivity contribution in [1.29, 1.82) is 0 Å². The van der Waals surface area contributed by atoms with Crippen LogP contribution < -0.4 is 10.2 Å². The van der Waals surface area contributed by atoms with Crippen molar-refractivity contribution in [2.75, 3.05) is 7.11 Å². The van der Waals surface area contributed by atoms with Crippen LogP contribution in [-0.2, 0) is 0 Å². The van der Waals surface area contributed by atoms with E-state index in [2.05, 4.69) is 20.7 Å². The predicted molar refractivity (Wildman–Crippen MR) is 89.1 cm³/mol. The van der Waals surface area contributed by atoms with E-state index >= 15 is 0 Å². The molecule has 7 nitrogen and oxygen atoms in total. The Morgan fingerprint density at radius 2 is 2.08 bits per heavy atom. The molecule has 1 amide bonds. The second kappa shape index (κ2) is 6.82. The number of rotatable bonds is 5. The summed E-state index contributed by atoms with van der Waals surface area (Å²) in [6.07, 6.45) is 1.54. The summed E-state index contributed by atoms with van der Waals surface area (Å²) in [6, 6.07) is 12.6. The number of nitrogens with one attached hydrogen (secondary N) is 2. The van der Waals surface area contributed by atoms with Crippen molar-refractivity contribution in [1.82, 2.24) is 15.6 Å². The minimum Gasteiger partial charge on any atom is -0.497 e. The first-order chi connectivity index (χ1) is 11.7. The number of carbonyl (C=O) groups is 1. The Kier molecular flexibility index (Phi) is 4.42. The molecule has 0 aliphatic rings. The molecule has 7 heteroatoms. The highest BCUT2D eigenvalue weighted by atomic mass is 16.5. The maximum atomic E-state index is 12.0. The number of ether oxygens (including phenoxy) is 1. The Hall–Kier alpha value is -3.35. The third kappa shape index (κ3) is 3.52. The maximum absolute atomic E-state index is 12.0. The van der Waals surface area contributed by atoms with Gasteiger partial charge in [0, 0.05) is 6.07 Å². The Labute approximate surface area is 138 Å². The SMILES string of the molecule is COc1ccc(C=NNC(=O)c2cc(-c3ccc(C)o3)[nH]n2)cc1. The smallest absolute Gasteiger partial charge is 0.291 e. The first-order valence-electron chi connectivity index (χ1n) is 7.25. The van der Waals surface area contributed by atoms with Crippen molar-refractivity contribution in [3.05, 3.63) is 59.5 Å². The lowest BCUT2D eigenvalue weighted by Gasteiger charge is -1.99. The van der Waals surface area contributed by atoms with E-state index in [1.807, 2.05) is 43.3 Å². The van der Waals surface area contributed by atoms with Gasteiger partial charge in [-0.05, 0) is 48.9 Å². The normalized spacial score (nSPS) is 10.9. The average molecular weight is 324 g/mol. The van der Waals surface area contributed by atoms with Gasteiger partial charge in [-0.1, -0.05) is 0 Å². The standard InChI is InChI=1S/C17H16N4O3/c1-11-3-8-16(24-11)14-9-15(20-19-14)17(22)21-18-10-12-4-6-13(23-2)7-5-12/h3-10H,1-2H3,(H,19,20)(H,21,22). The molecule has 24 heavy (non-hydrogen) atoms. The quantitative estimate of drug-likeness (QED) is 0.557. The van der Waals surface area contributed by atoms with Gasteiger partial charge in [0.1, 0.15) is 17.2 Å². The lowest BCUT2D eigenvalue weighted by molar-refractivity contribution is 0.0950. The van der Waals surface area contributed by atoms with Crippen LogP contribution in [0.3, 0.4) is 0 Å². The largest absolute Gasteiger partial charge is 0.497 e. The monoisotopic (exact) mass is 324 g/mol. The van der Waals surface area contributed by atoms with Crippen molar-refractivity contribution in [3.63, 3.8) is 0 Å². The van der Waals surface area contributed by atoms with E-state index in [9.17, 15) is 4.79 Å². The molecule has 0 saturated carbocycles. The van der Waals surface area contributed by atoms with Gasteiger partial charge >= 0.3 is 0 Å². The van der Waals surface area contributed by atoms with E-state index in [0.29, 0.717) is 11.5 Å². The van der Waals surface area contributed by atoms with E-state index in [1.54, 1.807) is 19.4 Å². The molecule has 2 N–H and O–H groups in total. The molecule has 0 unspecified atom stereocenters. The lowest BCUT2D eigenvalue weighted by Crippen LogP contribution is -2.17. The summed E-state index contributed by atoms with van der Waals surface area (Å²) in [5.74, 6) is 1.76. The number of furan rings is 1. The fourth-order valence-electron chi connectivity index (χ4n) is 2.06. The van der Waals surface area contributed by atoms with Crippen molar-refractivity contribution in [2.45, 2.75) is 6.92 Å². The Morgan fingerprint density at radius 3 is 2.75 bits per heavy atom. The summed E-state index contributed by atoms with van der Waals surface area (Å²) in [4.78, 5) is 12.0. The van der Waals surface area contributed by atoms with Gasteiger partial charge in [0.2, 0.25) is 0 Å². The number of H-pyrrole nitrogens is 1. The van der Waals surface area contributed by atoms with E-state index in [-0.39, 0.29) is 5.69 Å². The number of aromatic amines is 1. The summed E-state index contributed by atoms with van der Waals surface area (Å²) in [5, 5.41) is 10.6. The van der Waals surface area contributed by atoms with Crippen LogP contribution >= 0.6 is 0 Å². The van der Waals surface area contributed by atoms with Crippen molar-refractivity contribution in [2.24, 2.45) is 5.10 Å². The highest BCUT2D eigenvalue weighted by Gasteiger charge is 2.12. The molecule has 1 aromatic carbocycles. The zero-order valence-corrected chi connectivity index (χ0v) is 13.2. The Bertz CT molecular complexity index is 862. The Morgan fingerprint density at radius 1 is 1.29 bits per heavy atom. The minimum atomic E-state index is -0.412. The van der Waals surface area contributed by atoms with E-state index in [0.717, 1.165) is 17.1 Å². The number of hydrogen-bond donors (Lipinski definition) is 2. The number of methoxy groups -OCH3 is 1. The van der Waals surface area contributed by atoms with Crippen LogP contribution in [0, 0.1) is 6.92 Å². The molecule has 0 radical (unpaired) electrons. The van der Waals surface area contributed by atoms with Crippen LogP contribution in [0.2, 0.25) is 0 Å². The summed E-state index contributed by atoms with van der Waals surface area (Å²) in [5.41, 5.74) is 4.13. The summed E-state index contributed by atoms with van der Waals surface area (Å²) >= 11 is 0. The molecular formula is C17H16N4O3. The molecule has 0 aliphatic carbocycles. The zero-order valence-electron chi connectivity index (χ0n) is 13.2. The van der Waals surface area contributed by atoms with Crippen LogP contribution in [0.25, 0.3) is 11.5 Å². The fourth-order valence-corrected chi connectivity index (χ4v) is 2.06. The van der Waals surface area contributed by atoms with Crippen molar-refractivity contribution >= 4 is 12.1 Å². The number of hydrogen-bond acceptors (Lipinski definition) is 5.